The molecule has 0 saturated carbocycles. The fourth-order valence-electron chi connectivity index (χ4n) is 2.75. The number of nitrogens with one attached hydrogen (secondary N) is 1. The van der Waals surface area contributed by atoms with E-state index in [1.165, 1.54) is 5.56 Å². The van der Waals surface area contributed by atoms with Crippen molar-refractivity contribution in [2.75, 3.05) is 33.8 Å². The summed E-state index contributed by atoms with van der Waals surface area (Å²) in [5, 5.41) is 3.32. The summed E-state index contributed by atoms with van der Waals surface area (Å²) in [7, 11) is 3.85. The average Bonchev–Trinajstić information content (AvgIpc) is 2.46. The fraction of sp³-hybridized carbons (Fsp3) is 0.600. The van der Waals surface area contributed by atoms with Gasteiger partial charge in [0.1, 0.15) is 0 Å². The molecule has 3 heteroatoms. The molecule has 1 aromatic carbocycles. The Labute approximate surface area is 110 Å². The van der Waals surface area contributed by atoms with E-state index in [0.717, 1.165) is 32.5 Å². The SMILES string of the molecule is CNCC(c1ccccc1)N1CCC(OC)CC1. The molecule has 1 atom stereocenters. The smallest absolute Gasteiger partial charge is 0.0595 e. The molecule has 0 spiro atoms. The number of hydrogen-bond donors (Lipinski definition) is 1. The first-order valence-corrected chi connectivity index (χ1v) is 6.81. The summed E-state index contributed by atoms with van der Waals surface area (Å²) >= 11 is 0. The van der Waals surface area contributed by atoms with Crippen LogP contribution in [0.2, 0.25) is 0 Å². The quantitative estimate of drug-likeness (QED) is 0.863. The van der Waals surface area contributed by atoms with Crippen LogP contribution in [-0.2, 0) is 4.74 Å². The summed E-state index contributed by atoms with van der Waals surface area (Å²) in [5.41, 5.74) is 1.41. The first-order chi connectivity index (χ1) is 8.85. The van der Waals surface area contributed by atoms with Crippen molar-refractivity contribution in [1.82, 2.24) is 10.2 Å². The molecule has 1 heterocycles. The van der Waals surface area contributed by atoms with E-state index < -0.39 is 0 Å². The maximum Gasteiger partial charge on any atom is 0.0595 e. The number of rotatable bonds is 5. The number of nitrogens with zero attached hydrogens (tertiary/aromatic N) is 1. The number of methoxy groups -OCH3 is 1. The van der Waals surface area contributed by atoms with Crippen molar-refractivity contribution in [3.05, 3.63) is 35.9 Å². The molecule has 3 nitrogen and oxygen atoms in total. The molecule has 1 N–H and O–H groups in total. The molecule has 100 valence electrons. The summed E-state index contributed by atoms with van der Waals surface area (Å²) in [5.74, 6) is 0. The molecule has 0 aliphatic carbocycles. The maximum atomic E-state index is 5.44. The van der Waals surface area contributed by atoms with Gasteiger partial charge in [0.25, 0.3) is 0 Å². The van der Waals surface area contributed by atoms with Crippen LogP contribution in [0.25, 0.3) is 0 Å². The third kappa shape index (κ3) is 3.31. The van der Waals surface area contributed by atoms with Crippen LogP contribution < -0.4 is 5.32 Å². The molecule has 0 radical (unpaired) electrons. The topological polar surface area (TPSA) is 24.5 Å². The van der Waals surface area contributed by atoms with E-state index in [4.69, 9.17) is 4.74 Å². The Morgan fingerprint density at radius 1 is 1.28 bits per heavy atom. The van der Waals surface area contributed by atoms with Gasteiger partial charge >= 0.3 is 0 Å². The van der Waals surface area contributed by atoms with Crippen LogP contribution in [0.3, 0.4) is 0 Å². The minimum Gasteiger partial charge on any atom is -0.381 e. The minimum absolute atomic E-state index is 0.451. The largest absolute Gasteiger partial charge is 0.381 e. The number of ether oxygens (including phenoxy) is 1. The average molecular weight is 248 g/mol. The van der Waals surface area contributed by atoms with E-state index in [9.17, 15) is 0 Å². The second-order valence-electron chi connectivity index (χ2n) is 4.96. The van der Waals surface area contributed by atoms with Crippen molar-refractivity contribution in [3.63, 3.8) is 0 Å². The van der Waals surface area contributed by atoms with Gasteiger partial charge in [-0.15, -0.1) is 0 Å². The highest BCUT2D eigenvalue weighted by molar-refractivity contribution is 5.19. The van der Waals surface area contributed by atoms with Crippen LogP contribution in [0.15, 0.2) is 30.3 Å². The lowest BCUT2D eigenvalue weighted by molar-refractivity contribution is 0.0271. The van der Waals surface area contributed by atoms with Gasteiger partial charge in [-0.2, -0.15) is 0 Å². The molecule has 1 saturated heterocycles. The Morgan fingerprint density at radius 2 is 1.94 bits per heavy atom. The fourth-order valence-corrected chi connectivity index (χ4v) is 2.75. The third-order valence-corrected chi connectivity index (χ3v) is 3.83. The molecule has 1 aromatic rings. The van der Waals surface area contributed by atoms with Crippen molar-refractivity contribution < 1.29 is 4.74 Å². The van der Waals surface area contributed by atoms with E-state index in [1.54, 1.807) is 0 Å². The zero-order valence-corrected chi connectivity index (χ0v) is 11.4. The van der Waals surface area contributed by atoms with Crippen molar-refractivity contribution >= 4 is 0 Å². The lowest BCUT2D eigenvalue weighted by Gasteiger charge is -2.37. The van der Waals surface area contributed by atoms with Gasteiger partial charge in [0.05, 0.1) is 6.10 Å². The second kappa shape index (κ2) is 6.88. The number of piperidine rings is 1. The molecule has 0 aromatic heterocycles. The summed E-state index contributed by atoms with van der Waals surface area (Å²) in [6.45, 7) is 3.25. The highest BCUT2D eigenvalue weighted by atomic mass is 16.5. The number of likely N-dealkylation sites (N-methyl/N-ethyl adjacent to an activating group) is 1. The molecule has 1 aliphatic rings. The zero-order chi connectivity index (χ0) is 12.8. The normalized spacial score (nSPS) is 19.9. The van der Waals surface area contributed by atoms with Crippen LogP contribution in [-0.4, -0.2) is 44.8 Å². The second-order valence-corrected chi connectivity index (χ2v) is 4.96. The van der Waals surface area contributed by atoms with Gasteiger partial charge in [-0.25, -0.2) is 0 Å². The lowest BCUT2D eigenvalue weighted by Crippen LogP contribution is -2.42. The molecule has 1 fully saturated rings. The van der Waals surface area contributed by atoms with Gasteiger partial charge in [-0.3, -0.25) is 4.90 Å². The molecular formula is C15H24N2O. The van der Waals surface area contributed by atoms with Gasteiger partial charge < -0.3 is 10.1 Å². The lowest BCUT2D eigenvalue weighted by atomic mass is 10.0. The summed E-state index contributed by atoms with van der Waals surface area (Å²) in [6.07, 6.45) is 2.74. The first-order valence-electron chi connectivity index (χ1n) is 6.81. The summed E-state index contributed by atoms with van der Waals surface area (Å²) < 4.78 is 5.44. The van der Waals surface area contributed by atoms with Crippen LogP contribution in [0, 0.1) is 0 Å². The summed E-state index contributed by atoms with van der Waals surface area (Å²) in [4.78, 5) is 2.57. The molecule has 2 rings (SSSR count). The van der Waals surface area contributed by atoms with Crippen LogP contribution in [0.5, 0.6) is 0 Å². The molecule has 1 unspecified atom stereocenters. The third-order valence-electron chi connectivity index (χ3n) is 3.83. The molecule has 1 aliphatic heterocycles. The van der Waals surface area contributed by atoms with E-state index in [-0.39, 0.29) is 0 Å². The standard InChI is InChI=1S/C15H24N2O/c1-16-12-15(13-6-4-3-5-7-13)17-10-8-14(18-2)9-11-17/h3-7,14-16H,8-12H2,1-2H3. The van der Waals surface area contributed by atoms with Crippen molar-refractivity contribution in [2.45, 2.75) is 25.0 Å². The van der Waals surface area contributed by atoms with E-state index in [1.807, 2.05) is 14.2 Å². The highest BCUT2D eigenvalue weighted by Crippen LogP contribution is 2.24. The van der Waals surface area contributed by atoms with Gasteiger partial charge in [0, 0.05) is 32.8 Å². The van der Waals surface area contributed by atoms with Crippen LogP contribution in [0.1, 0.15) is 24.4 Å². The number of benzene rings is 1. The minimum atomic E-state index is 0.451. The van der Waals surface area contributed by atoms with E-state index in [0.29, 0.717) is 12.1 Å². The van der Waals surface area contributed by atoms with Gasteiger partial charge in [-0.1, -0.05) is 30.3 Å². The van der Waals surface area contributed by atoms with E-state index in [2.05, 4.69) is 40.5 Å². The zero-order valence-electron chi connectivity index (χ0n) is 11.4. The molecular weight excluding hydrogens is 224 g/mol. The molecule has 0 bridgehead atoms. The Bertz CT molecular complexity index is 334. The Morgan fingerprint density at radius 3 is 2.50 bits per heavy atom. The van der Waals surface area contributed by atoms with Gasteiger partial charge in [-0.05, 0) is 25.5 Å². The van der Waals surface area contributed by atoms with Crippen molar-refractivity contribution in [2.24, 2.45) is 0 Å². The van der Waals surface area contributed by atoms with Gasteiger partial charge in [0.15, 0.2) is 0 Å². The molecule has 0 amide bonds. The number of likely N-dealkylation sites (tertiary alicyclic amines) is 1. The monoisotopic (exact) mass is 248 g/mol. The Balaban J connectivity index is 2.02. The number of hydrogen-bond acceptors (Lipinski definition) is 3. The van der Waals surface area contributed by atoms with Crippen molar-refractivity contribution in [1.29, 1.82) is 0 Å². The van der Waals surface area contributed by atoms with Crippen LogP contribution >= 0.6 is 0 Å². The Kier molecular flexibility index (Phi) is 5.17. The maximum absolute atomic E-state index is 5.44. The van der Waals surface area contributed by atoms with E-state index >= 15 is 0 Å². The van der Waals surface area contributed by atoms with Crippen molar-refractivity contribution in [3.8, 4) is 0 Å². The molecule has 18 heavy (non-hydrogen) atoms. The Hall–Kier alpha value is -0.900. The van der Waals surface area contributed by atoms with Gasteiger partial charge in [0.2, 0.25) is 0 Å². The predicted molar refractivity (Wildman–Crippen MR) is 74.7 cm³/mol. The first kappa shape index (κ1) is 13.5. The highest BCUT2D eigenvalue weighted by Gasteiger charge is 2.25. The summed E-state index contributed by atoms with van der Waals surface area (Å²) in [6, 6.07) is 11.3. The van der Waals surface area contributed by atoms with Crippen LogP contribution in [0.4, 0.5) is 0 Å². The predicted octanol–water partition coefficient (Wildman–Crippen LogP) is 2.06.